The van der Waals surface area contributed by atoms with Crippen LogP contribution in [0.4, 0.5) is 0 Å². The molecule has 0 aliphatic rings. The number of carbonyl (C=O) groups excluding carboxylic acids is 2. The van der Waals surface area contributed by atoms with Crippen molar-refractivity contribution < 1.29 is 19.1 Å². The van der Waals surface area contributed by atoms with Crippen LogP contribution < -0.4 is 10.6 Å². The molecule has 6 nitrogen and oxygen atoms in total. The zero-order valence-electron chi connectivity index (χ0n) is 14.9. The van der Waals surface area contributed by atoms with Crippen LogP contribution in [0, 0.1) is 5.41 Å². The Labute approximate surface area is 134 Å². The van der Waals surface area contributed by atoms with Crippen molar-refractivity contribution in [3.8, 4) is 0 Å². The van der Waals surface area contributed by atoms with Crippen molar-refractivity contribution in [1.82, 2.24) is 10.6 Å². The van der Waals surface area contributed by atoms with Crippen molar-refractivity contribution in [1.29, 1.82) is 0 Å². The summed E-state index contributed by atoms with van der Waals surface area (Å²) in [5, 5.41) is 5.51. The third-order valence-electron chi connectivity index (χ3n) is 2.46. The Kier molecular flexibility index (Phi) is 9.28. The molecule has 0 heterocycles. The molecule has 130 valence electrons. The smallest absolute Gasteiger partial charge is 0.246 e. The Balaban J connectivity index is 3.47. The molecule has 2 N–H and O–H groups in total. The summed E-state index contributed by atoms with van der Waals surface area (Å²) < 4.78 is 10.7. The Hall–Kier alpha value is -1.14. The average molecular weight is 316 g/mol. The van der Waals surface area contributed by atoms with Crippen LogP contribution in [0.5, 0.6) is 0 Å². The number of carbonyl (C=O) groups is 2. The molecule has 0 saturated heterocycles. The topological polar surface area (TPSA) is 76.7 Å². The minimum Gasteiger partial charge on any atom is -0.378 e. The molecule has 0 radical (unpaired) electrons. The molecular weight excluding hydrogens is 284 g/mol. The predicted octanol–water partition coefficient (Wildman–Crippen LogP) is 1.49. The van der Waals surface area contributed by atoms with Crippen molar-refractivity contribution >= 4 is 11.8 Å². The van der Waals surface area contributed by atoms with Crippen LogP contribution in [0.3, 0.4) is 0 Å². The predicted molar refractivity (Wildman–Crippen MR) is 86.6 cm³/mol. The van der Waals surface area contributed by atoms with E-state index in [1.54, 1.807) is 0 Å². The second kappa shape index (κ2) is 9.79. The van der Waals surface area contributed by atoms with Gasteiger partial charge in [-0.05, 0) is 26.2 Å². The van der Waals surface area contributed by atoms with Gasteiger partial charge in [0.05, 0.1) is 18.8 Å². The van der Waals surface area contributed by atoms with Crippen LogP contribution in [0.1, 0.15) is 48.0 Å². The van der Waals surface area contributed by atoms with E-state index in [0.29, 0.717) is 32.7 Å². The molecule has 0 aromatic carbocycles. The second-order valence-electron chi connectivity index (χ2n) is 7.45. The quantitative estimate of drug-likeness (QED) is 0.632. The lowest BCUT2D eigenvalue weighted by atomic mass is 9.92. The lowest BCUT2D eigenvalue weighted by molar-refractivity contribution is -0.130. The summed E-state index contributed by atoms with van der Waals surface area (Å²) in [6.45, 7) is 13.6. The summed E-state index contributed by atoms with van der Waals surface area (Å²) in [5.41, 5.74) is -0.330. The highest BCUT2D eigenvalue weighted by Gasteiger charge is 2.15. The Bertz CT molecular complexity index is 343. The van der Waals surface area contributed by atoms with E-state index in [2.05, 4.69) is 10.6 Å². The maximum atomic E-state index is 11.6. The second-order valence-corrected chi connectivity index (χ2v) is 7.45. The van der Waals surface area contributed by atoms with Gasteiger partial charge in [-0.2, -0.15) is 0 Å². The summed E-state index contributed by atoms with van der Waals surface area (Å²) in [6, 6.07) is 0. The highest BCUT2D eigenvalue weighted by atomic mass is 16.5. The highest BCUT2D eigenvalue weighted by Crippen LogP contribution is 2.17. The fraction of sp³-hybridized carbons (Fsp3) is 0.875. The first-order chi connectivity index (χ1) is 9.99. The first kappa shape index (κ1) is 20.9. The van der Waals surface area contributed by atoms with Gasteiger partial charge in [-0.25, -0.2) is 0 Å². The third-order valence-corrected chi connectivity index (χ3v) is 2.46. The van der Waals surface area contributed by atoms with Gasteiger partial charge in [0.15, 0.2) is 0 Å². The SMILES string of the molecule is CC(C)(C)CC(=O)NCCOCCNC(=O)COC(C)(C)C. The highest BCUT2D eigenvalue weighted by molar-refractivity contribution is 5.77. The third kappa shape index (κ3) is 15.3. The molecule has 0 rings (SSSR count). The Morgan fingerprint density at radius 1 is 0.864 bits per heavy atom. The molecule has 22 heavy (non-hydrogen) atoms. The minimum absolute atomic E-state index is 0.00958. The van der Waals surface area contributed by atoms with E-state index < -0.39 is 0 Å². The van der Waals surface area contributed by atoms with E-state index in [1.165, 1.54) is 0 Å². The molecule has 2 amide bonds. The van der Waals surface area contributed by atoms with E-state index in [4.69, 9.17) is 9.47 Å². The Morgan fingerprint density at radius 2 is 1.36 bits per heavy atom. The van der Waals surface area contributed by atoms with Crippen molar-refractivity contribution in [2.24, 2.45) is 5.41 Å². The Morgan fingerprint density at radius 3 is 1.82 bits per heavy atom. The molecule has 0 aromatic rings. The van der Waals surface area contributed by atoms with Crippen LogP contribution in [-0.4, -0.2) is 50.3 Å². The number of amides is 2. The molecular formula is C16H32N2O4. The molecule has 0 fully saturated rings. The number of ether oxygens (including phenoxy) is 2. The first-order valence-corrected chi connectivity index (χ1v) is 7.75. The number of nitrogens with one attached hydrogen (secondary N) is 2. The van der Waals surface area contributed by atoms with Gasteiger partial charge in [0.25, 0.3) is 0 Å². The van der Waals surface area contributed by atoms with Gasteiger partial charge in [0.1, 0.15) is 6.61 Å². The van der Waals surface area contributed by atoms with E-state index in [9.17, 15) is 9.59 Å². The molecule has 6 heteroatoms. The van der Waals surface area contributed by atoms with Crippen LogP contribution in [0.15, 0.2) is 0 Å². The summed E-state index contributed by atoms with van der Waals surface area (Å²) in [6.07, 6.45) is 0.497. The van der Waals surface area contributed by atoms with Crippen LogP contribution in [0.25, 0.3) is 0 Å². The maximum Gasteiger partial charge on any atom is 0.246 e. The monoisotopic (exact) mass is 316 g/mol. The molecule has 0 unspecified atom stereocenters. The zero-order chi connectivity index (χ0) is 17.2. The fourth-order valence-corrected chi connectivity index (χ4v) is 1.50. The number of hydrogen-bond donors (Lipinski definition) is 2. The van der Waals surface area contributed by atoms with E-state index in [1.807, 2.05) is 41.5 Å². The van der Waals surface area contributed by atoms with Gasteiger partial charge in [0.2, 0.25) is 11.8 Å². The molecule has 0 atom stereocenters. The van der Waals surface area contributed by atoms with Gasteiger partial charge in [-0.15, -0.1) is 0 Å². The lowest BCUT2D eigenvalue weighted by Gasteiger charge is -2.19. The van der Waals surface area contributed by atoms with E-state index in [0.717, 1.165) is 0 Å². The fourth-order valence-electron chi connectivity index (χ4n) is 1.50. The molecule has 0 aliphatic carbocycles. The average Bonchev–Trinajstić information content (AvgIpc) is 2.32. The van der Waals surface area contributed by atoms with Crippen LogP contribution in [-0.2, 0) is 19.1 Å². The normalized spacial score (nSPS) is 12.1. The molecule has 0 aliphatic heterocycles. The zero-order valence-corrected chi connectivity index (χ0v) is 14.9. The molecule has 0 saturated carbocycles. The largest absolute Gasteiger partial charge is 0.378 e. The van der Waals surface area contributed by atoms with Gasteiger partial charge in [0, 0.05) is 19.5 Å². The van der Waals surface area contributed by atoms with Gasteiger partial charge in [-0.3, -0.25) is 9.59 Å². The first-order valence-electron chi connectivity index (χ1n) is 7.75. The molecule has 0 spiro atoms. The van der Waals surface area contributed by atoms with Crippen molar-refractivity contribution in [2.45, 2.75) is 53.6 Å². The van der Waals surface area contributed by atoms with Crippen LogP contribution >= 0.6 is 0 Å². The van der Waals surface area contributed by atoms with Crippen molar-refractivity contribution in [3.63, 3.8) is 0 Å². The maximum absolute atomic E-state index is 11.6. The van der Waals surface area contributed by atoms with Crippen molar-refractivity contribution in [3.05, 3.63) is 0 Å². The standard InChI is InChI=1S/C16H32N2O4/c1-15(2,3)11-13(19)17-7-9-21-10-8-18-14(20)12-22-16(4,5)6/h7-12H2,1-6H3,(H,17,19)(H,18,20). The summed E-state index contributed by atoms with van der Waals surface area (Å²) in [4.78, 5) is 23.0. The van der Waals surface area contributed by atoms with Gasteiger partial charge >= 0.3 is 0 Å². The summed E-state index contributed by atoms with van der Waals surface area (Å²) >= 11 is 0. The lowest BCUT2D eigenvalue weighted by Crippen LogP contribution is -2.34. The summed E-state index contributed by atoms with van der Waals surface area (Å²) in [5.74, 6) is -0.124. The minimum atomic E-state index is -0.320. The van der Waals surface area contributed by atoms with Crippen LogP contribution in [0.2, 0.25) is 0 Å². The van der Waals surface area contributed by atoms with Gasteiger partial charge < -0.3 is 20.1 Å². The van der Waals surface area contributed by atoms with E-state index in [-0.39, 0.29) is 29.4 Å². The summed E-state index contributed by atoms with van der Waals surface area (Å²) in [7, 11) is 0. The van der Waals surface area contributed by atoms with E-state index >= 15 is 0 Å². The molecule has 0 bridgehead atoms. The van der Waals surface area contributed by atoms with Crippen molar-refractivity contribution in [2.75, 3.05) is 32.9 Å². The number of hydrogen-bond acceptors (Lipinski definition) is 4. The van der Waals surface area contributed by atoms with Gasteiger partial charge in [-0.1, -0.05) is 20.8 Å². The molecule has 0 aromatic heterocycles. The number of rotatable bonds is 9.